The molecule has 1 N–H and O–H groups in total. The Morgan fingerprint density at radius 1 is 1.09 bits per heavy atom. The molecule has 0 unspecified atom stereocenters. The second-order valence-electron chi connectivity index (χ2n) is 5.04. The monoisotopic (exact) mass is 377 g/mol. The van der Waals surface area contributed by atoms with E-state index >= 15 is 0 Å². The first-order chi connectivity index (χ1) is 10.3. The van der Waals surface area contributed by atoms with Crippen LogP contribution in [0.4, 0.5) is 5.69 Å². The lowest BCUT2D eigenvalue weighted by molar-refractivity contribution is -0.110. The lowest BCUT2D eigenvalue weighted by Gasteiger charge is -2.01. The molecule has 6 heteroatoms. The zero-order valence-electron chi connectivity index (χ0n) is 11.6. The van der Waals surface area contributed by atoms with Crippen molar-refractivity contribution in [2.75, 3.05) is 11.6 Å². The van der Waals surface area contributed by atoms with Crippen LogP contribution < -0.4 is 5.32 Å². The highest BCUT2D eigenvalue weighted by molar-refractivity contribution is 9.10. The molecule has 0 aromatic heterocycles. The fraction of sp³-hybridized carbons (Fsp3) is 0.0625. The van der Waals surface area contributed by atoms with Gasteiger partial charge in [-0.15, -0.1) is 0 Å². The third kappa shape index (κ3) is 2.84. The molecule has 0 fully saturated rings. The molecule has 22 heavy (non-hydrogen) atoms. The fourth-order valence-corrected chi connectivity index (χ4v) is 3.27. The Morgan fingerprint density at radius 3 is 2.41 bits per heavy atom. The van der Waals surface area contributed by atoms with Crippen LogP contribution in [0.25, 0.3) is 11.6 Å². The summed E-state index contributed by atoms with van der Waals surface area (Å²) in [7, 11) is -3.22. The fourth-order valence-electron chi connectivity index (χ4n) is 2.28. The number of sulfone groups is 1. The summed E-state index contributed by atoms with van der Waals surface area (Å²) in [5.74, 6) is -0.166. The summed E-state index contributed by atoms with van der Waals surface area (Å²) >= 11 is 3.40. The van der Waals surface area contributed by atoms with Crippen LogP contribution >= 0.6 is 15.9 Å². The molecule has 0 atom stereocenters. The third-order valence-electron chi connectivity index (χ3n) is 3.38. The minimum Gasteiger partial charge on any atom is -0.321 e. The number of benzene rings is 2. The molecule has 1 heterocycles. The first-order valence-electron chi connectivity index (χ1n) is 6.48. The van der Waals surface area contributed by atoms with Gasteiger partial charge in [0, 0.05) is 27.6 Å². The number of anilines is 1. The molecule has 1 aliphatic heterocycles. The maximum Gasteiger partial charge on any atom is 0.256 e. The van der Waals surface area contributed by atoms with Gasteiger partial charge in [-0.05, 0) is 42.0 Å². The summed E-state index contributed by atoms with van der Waals surface area (Å²) < 4.78 is 23.8. The zero-order valence-corrected chi connectivity index (χ0v) is 14.0. The molecular formula is C16H12BrNO3S. The SMILES string of the molecule is CS(=O)(=O)c1ccc(/C=C2\C(=O)Nc3ccc(Br)cc32)cc1. The van der Waals surface area contributed by atoms with E-state index in [1.54, 1.807) is 18.2 Å². The minimum atomic E-state index is -3.22. The van der Waals surface area contributed by atoms with Crippen LogP contribution in [0.5, 0.6) is 0 Å². The van der Waals surface area contributed by atoms with Gasteiger partial charge < -0.3 is 5.32 Å². The average molecular weight is 378 g/mol. The summed E-state index contributed by atoms with van der Waals surface area (Å²) in [6.45, 7) is 0. The van der Waals surface area contributed by atoms with Crippen molar-refractivity contribution in [3.05, 3.63) is 58.1 Å². The molecule has 0 aliphatic carbocycles. The number of hydrogen-bond acceptors (Lipinski definition) is 3. The van der Waals surface area contributed by atoms with Crippen molar-refractivity contribution in [1.82, 2.24) is 0 Å². The number of rotatable bonds is 2. The van der Waals surface area contributed by atoms with Gasteiger partial charge in [-0.1, -0.05) is 28.1 Å². The second-order valence-corrected chi connectivity index (χ2v) is 7.97. The minimum absolute atomic E-state index is 0.166. The Hall–Kier alpha value is -1.92. The Bertz CT molecular complexity index is 899. The summed E-state index contributed by atoms with van der Waals surface area (Å²) in [4.78, 5) is 12.3. The Kier molecular flexibility index (Phi) is 3.66. The highest BCUT2D eigenvalue weighted by Gasteiger charge is 2.24. The molecule has 0 saturated heterocycles. The van der Waals surface area contributed by atoms with Gasteiger partial charge in [0.05, 0.1) is 4.90 Å². The van der Waals surface area contributed by atoms with Crippen molar-refractivity contribution in [1.29, 1.82) is 0 Å². The summed E-state index contributed by atoms with van der Waals surface area (Å²) in [6, 6.07) is 12.0. The van der Waals surface area contributed by atoms with Crippen LogP contribution in [0, 0.1) is 0 Å². The number of nitrogens with one attached hydrogen (secondary N) is 1. The standard InChI is InChI=1S/C16H12BrNO3S/c1-22(20,21)12-5-2-10(3-6-12)8-14-13-9-11(17)4-7-15(13)18-16(14)19/h2-9H,1H3,(H,18,19)/b14-8-. The summed E-state index contributed by atoms with van der Waals surface area (Å²) in [6.07, 6.45) is 2.92. The van der Waals surface area contributed by atoms with E-state index in [-0.39, 0.29) is 10.8 Å². The highest BCUT2D eigenvalue weighted by atomic mass is 79.9. The zero-order chi connectivity index (χ0) is 15.9. The number of halogens is 1. The van der Waals surface area contributed by atoms with E-state index in [1.165, 1.54) is 18.4 Å². The van der Waals surface area contributed by atoms with Gasteiger partial charge in [0.2, 0.25) is 0 Å². The quantitative estimate of drug-likeness (QED) is 0.816. The predicted molar refractivity (Wildman–Crippen MR) is 90.2 cm³/mol. The maximum absolute atomic E-state index is 12.1. The maximum atomic E-state index is 12.1. The van der Waals surface area contributed by atoms with Crippen LogP contribution in [0.3, 0.4) is 0 Å². The van der Waals surface area contributed by atoms with E-state index < -0.39 is 9.84 Å². The summed E-state index contributed by atoms with van der Waals surface area (Å²) in [5, 5.41) is 2.81. The lowest BCUT2D eigenvalue weighted by Crippen LogP contribution is -2.03. The molecule has 4 nitrogen and oxygen atoms in total. The highest BCUT2D eigenvalue weighted by Crippen LogP contribution is 2.35. The van der Waals surface area contributed by atoms with Gasteiger partial charge in [-0.3, -0.25) is 4.79 Å². The summed E-state index contributed by atoms with van der Waals surface area (Å²) in [5.41, 5.74) is 2.92. The number of hydrogen-bond donors (Lipinski definition) is 1. The molecule has 0 spiro atoms. The van der Waals surface area contributed by atoms with Crippen molar-refractivity contribution in [3.8, 4) is 0 Å². The average Bonchev–Trinajstić information content (AvgIpc) is 2.75. The van der Waals surface area contributed by atoms with Crippen molar-refractivity contribution in [2.24, 2.45) is 0 Å². The Morgan fingerprint density at radius 2 is 1.77 bits per heavy atom. The largest absolute Gasteiger partial charge is 0.321 e. The molecule has 0 radical (unpaired) electrons. The van der Waals surface area contributed by atoms with Crippen molar-refractivity contribution >= 4 is 49.0 Å². The molecule has 3 rings (SSSR count). The molecule has 1 aliphatic rings. The van der Waals surface area contributed by atoms with Gasteiger partial charge in [-0.25, -0.2) is 8.42 Å². The number of carbonyl (C=O) groups excluding carboxylic acids is 1. The van der Waals surface area contributed by atoms with E-state index in [0.29, 0.717) is 5.57 Å². The van der Waals surface area contributed by atoms with E-state index in [1.807, 2.05) is 18.2 Å². The molecule has 0 bridgehead atoms. The van der Waals surface area contributed by atoms with E-state index in [9.17, 15) is 13.2 Å². The first-order valence-corrected chi connectivity index (χ1v) is 9.16. The van der Waals surface area contributed by atoms with Crippen LogP contribution in [-0.2, 0) is 14.6 Å². The van der Waals surface area contributed by atoms with Gasteiger partial charge in [0.1, 0.15) is 0 Å². The smallest absolute Gasteiger partial charge is 0.256 e. The molecule has 112 valence electrons. The van der Waals surface area contributed by atoms with Gasteiger partial charge in [0.15, 0.2) is 9.84 Å². The number of amides is 1. The second kappa shape index (κ2) is 5.37. The molecule has 0 saturated carbocycles. The molecule has 1 amide bonds. The Labute approximate surface area is 136 Å². The van der Waals surface area contributed by atoms with Crippen molar-refractivity contribution in [3.63, 3.8) is 0 Å². The molecule has 2 aromatic carbocycles. The lowest BCUT2D eigenvalue weighted by atomic mass is 10.0. The first kappa shape index (κ1) is 15.0. The van der Waals surface area contributed by atoms with Crippen LogP contribution in [0.15, 0.2) is 51.8 Å². The van der Waals surface area contributed by atoms with Crippen molar-refractivity contribution < 1.29 is 13.2 Å². The van der Waals surface area contributed by atoms with Crippen LogP contribution in [0.2, 0.25) is 0 Å². The topological polar surface area (TPSA) is 63.2 Å². The van der Waals surface area contributed by atoms with E-state index in [4.69, 9.17) is 0 Å². The van der Waals surface area contributed by atoms with Gasteiger partial charge in [0.25, 0.3) is 5.91 Å². The third-order valence-corrected chi connectivity index (χ3v) is 5.01. The van der Waals surface area contributed by atoms with Crippen LogP contribution in [0.1, 0.15) is 11.1 Å². The van der Waals surface area contributed by atoms with Crippen LogP contribution in [-0.4, -0.2) is 20.6 Å². The van der Waals surface area contributed by atoms with E-state index in [0.717, 1.165) is 21.3 Å². The van der Waals surface area contributed by atoms with Gasteiger partial charge >= 0.3 is 0 Å². The predicted octanol–water partition coefficient (Wildman–Crippen LogP) is 3.35. The Balaban J connectivity index is 2.03. The van der Waals surface area contributed by atoms with Crippen molar-refractivity contribution in [2.45, 2.75) is 4.90 Å². The number of carbonyl (C=O) groups is 1. The van der Waals surface area contributed by atoms with E-state index in [2.05, 4.69) is 21.2 Å². The molecular weight excluding hydrogens is 366 g/mol. The van der Waals surface area contributed by atoms with Gasteiger partial charge in [-0.2, -0.15) is 0 Å². The number of fused-ring (bicyclic) bond motifs is 1. The normalized spacial score (nSPS) is 15.7. The molecule has 2 aromatic rings.